The van der Waals surface area contributed by atoms with Crippen molar-refractivity contribution in [2.75, 3.05) is 10.5 Å². The van der Waals surface area contributed by atoms with Crippen LogP contribution in [0.25, 0.3) is 0 Å². The molecule has 4 nitrogen and oxygen atoms in total. The zero-order valence-corrected chi connectivity index (χ0v) is 15.4. The molecule has 138 valence electrons. The maximum atomic E-state index is 12.9. The van der Waals surface area contributed by atoms with Gasteiger partial charge in [0.15, 0.2) is 0 Å². The SMILES string of the molecule is N#CCCSc1ccccc1NS(=O)(=O)c1cc(C(F)(F)F)ccc1Cl. The smallest absolute Gasteiger partial charge is 0.278 e. The second-order valence-electron chi connectivity index (χ2n) is 5.00. The van der Waals surface area contributed by atoms with Crippen LogP contribution in [0.1, 0.15) is 12.0 Å². The van der Waals surface area contributed by atoms with E-state index in [9.17, 15) is 21.6 Å². The zero-order valence-electron chi connectivity index (χ0n) is 13.0. The first-order valence-corrected chi connectivity index (χ1v) is 9.98. The molecule has 0 fully saturated rings. The van der Waals surface area contributed by atoms with Gasteiger partial charge >= 0.3 is 6.18 Å². The van der Waals surface area contributed by atoms with Crippen LogP contribution in [-0.4, -0.2) is 14.2 Å². The fourth-order valence-corrected chi connectivity index (χ4v) is 4.50. The predicted octanol–water partition coefficient (Wildman–Crippen LogP) is 5.17. The molecule has 0 spiro atoms. The Kier molecular flexibility index (Phi) is 6.44. The summed E-state index contributed by atoms with van der Waals surface area (Å²) >= 11 is 7.07. The van der Waals surface area contributed by atoms with E-state index >= 15 is 0 Å². The monoisotopic (exact) mass is 420 g/mol. The van der Waals surface area contributed by atoms with Crippen LogP contribution in [-0.2, 0) is 16.2 Å². The molecule has 26 heavy (non-hydrogen) atoms. The van der Waals surface area contributed by atoms with E-state index in [2.05, 4.69) is 4.72 Å². The molecule has 2 aromatic rings. The Hall–Kier alpha value is -1.89. The molecule has 0 atom stereocenters. The summed E-state index contributed by atoms with van der Waals surface area (Å²) in [5.41, 5.74) is -0.914. The third-order valence-corrected chi connectivity index (χ3v) is 6.07. The average molecular weight is 421 g/mol. The number of hydrogen-bond donors (Lipinski definition) is 1. The maximum Gasteiger partial charge on any atom is 0.416 e. The molecular weight excluding hydrogens is 409 g/mol. The van der Waals surface area contributed by atoms with Crippen LogP contribution in [0, 0.1) is 11.3 Å². The van der Waals surface area contributed by atoms with E-state index in [0.717, 1.165) is 6.07 Å². The van der Waals surface area contributed by atoms with Gasteiger partial charge in [-0.3, -0.25) is 4.72 Å². The highest BCUT2D eigenvalue weighted by atomic mass is 35.5. The lowest BCUT2D eigenvalue weighted by atomic mass is 10.2. The standard InChI is InChI=1S/C16H12ClF3N2O2S2/c17-12-7-6-11(16(18,19)20)10-15(12)26(23,24)22-13-4-1-2-5-14(13)25-9-3-8-21/h1-2,4-7,10,22H,3,9H2. The number of rotatable bonds is 6. The van der Waals surface area contributed by atoms with Crippen LogP contribution in [0.3, 0.4) is 0 Å². The second kappa shape index (κ2) is 8.20. The molecule has 2 rings (SSSR count). The maximum absolute atomic E-state index is 12.9. The van der Waals surface area contributed by atoms with Gasteiger partial charge < -0.3 is 0 Å². The highest BCUT2D eigenvalue weighted by Crippen LogP contribution is 2.35. The quantitative estimate of drug-likeness (QED) is 0.517. The molecule has 2 aromatic carbocycles. The Labute approximate surface area is 158 Å². The lowest BCUT2D eigenvalue weighted by Gasteiger charge is -2.14. The third kappa shape index (κ3) is 5.06. The number of halogens is 4. The molecule has 0 radical (unpaired) electrons. The Morgan fingerprint density at radius 2 is 1.88 bits per heavy atom. The number of benzene rings is 2. The van der Waals surface area contributed by atoms with Crippen molar-refractivity contribution >= 4 is 39.1 Å². The first-order chi connectivity index (χ1) is 12.1. The Morgan fingerprint density at radius 1 is 1.19 bits per heavy atom. The topological polar surface area (TPSA) is 70.0 Å². The normalized spacial score (nSPS) is 11.8. The van der Waals surface area contributed by atoms with Crippen molar-refractivity contribution in [3.05, 3.63) is 53.1 Å². The number of alkyl halides is 3. The molecule has 0 saturated heterocycles. The second-order valence-corrected chi connectivity index (χ2v) is 8.20. The fraction of sp³-hybridized carbons (Fsp3) is 0.188. The summed E-state index contributed by atoms with van der Waals surface area (Å²) in [5.74, 6) is 0.444. The van der Waals surface area contributed by atoms with Crippen molar-refractivity contribution < 1.29 is 21.6 Å². The predicted molar refractivity (Wildman–Crippen MR) is 94.7 cm³/mol. The van der Waals surface area contributed by atoms with Crippen LogP contribution in [0.5, 0.6) is 0 Å². The number of nitriles is 1. The van der Waals surface area contributed by atoms with Gasteiger partial charge in [0.05, 0.1) is 22.3 Å². The van der Waals surface area contributed by atoms with Crippen LogP contribution in [0.15, 0.2) is 52.3 Å². The van der Waals surface area contributed by atoms with E-state index in [0.29, 0.717) is 22.8 Å². The van der Waals surface area contributed by atoms with Crippen LogP contribution < -0.4 is 4.72 Å². The van der Waals surface area contributed by atoms with Crippen molar-refractivity contribution in [3.63, 3.8) is 0 Å². The van der Waals surface area contributed by atoms with E-state index in [-0.39, 0.29) is 17.1 Å². The number of nitrogens with one attached hydrogen (secondary N) is 1. The number of nitrogens with zero attached hydrogens (tertiary/aromatic N) is 1. The summed E-state index contributed by atoms with van der Waals surface area (Å²) in [4.78, 5) is -0.111. The van der Waals surface area contributed by atoms with E-state index in [1.54, 1.807) is 18.2 Å². The van der Waals surface area contributed by atoms with Crippen LogP contribution >= 0.6 is 23.4 Å². The molecule has 0 heterocycles. The largest absolute Gasteiger partial charge is 0.416 e. The van der Waals surface area contributed by atoms with Crippen molar-refractivity contribution in [1.29, 1.82) is 5.26 Å². The zero-order chi connectivity index (χ0) is 19.4. The summed E-state index contributed by atoms with van der Waals surface area (Å²) in [7, 11) is -4.34. The third-order valence-electron chi connectivity index (χ3n) is 3.15. The number of thioether (sulfide) groups is 1. The van der Waals surface area contributed by atoms with E-state index in [4.69, 9.17) is 16.9 Å². The average Bonchev–Trinajstić information content (AvgIpc) is 2.55. The van der Waals surface area contributed by atoms with Gasteiger partial charge in [-0.1, -0.05) is 23.7 Å². The van der Waals surface area contributed by atoms with E-state index in [1.807, 2.05) is 6.07 Å². The van der Waals surface area contributed by atoms with E-state index in [1.165, 1.54) is 17.8 Å². The number of sulfonamides is 1. The molecule has 10 heteroatoms. The minimum Gasteiger partial charge on any atom is -0.278 e. The van der Waals surface area contributed by atoms with Crippen LogP contribution in [0.2, 0.25) is 5.02 Å². The summed E-state index contributed by atoms with van der Waals surface area (Å²) in [6, 6.07) is 10.5. The number of anilines is 1. The molecule has 0 aliphatic heterocycles. The van der Waals surface area contributed by atoms with Gasteiger partial charge in [0.2, 0.25) is 0 Å². The summed E-state index contributed by atoms with van der Waals surface area (Å²) in [5, 5.41) is 8.27. The Balaban J connectivity index is 2.37. The summed E-state index contributed by atoms with van der Waals surface area (Å²) < 4.78 is 66.0. The Morgan fingerprint density at radius 3 is 2.54 bits per heavy atom. The minimum atomic E-state index is -4.69. The molecule has 0 bridgehead atoms. The first-order valence-electron chi connectivity index (χ1n) is 7.13. The van der Waals surface area contributed by atoms with Gasteiger partial charge in [0, 0.05) is 17.1 Å². The van der Waals surface area contributed by atoms with Crippen molar-refractivity contribution in [2.24, 2.45) is 0 Å². The van der Waals surface area contributed by atoms with Crippen molar-refractivity contribution in [3.8, 4) is 6.07 Å². The molecule has 0 aromatic heterocycles. The van der Waals surface area contributed by atoms with Gasteiger partial charge in [-0.2, -0.15) is 18.4 Å². The van der Waals surface area contributed by atoms with Crippen molar-refractivity contribution in [1.82, 2.24) is 0 Å². The van der Waals surface area contributed by atoms with Gasteiger partial charge in [-0.15, -0.1) is 11.8 Å². The summed E-state index contributed by atoms with van der Waals surface area (Å²) in [6.07, 6.45) is -4.43. The minimum absolute atomic E-state index is 0.198. The molecule has 0 aliphatic rings. The van der Waals surface area contributed by atoms with Gasteiger partial charge in [0.1, 0.15) is 4.90 Å². The first kappa shape index (κ1) is 20.4. The fourth-order valence-electron chi connectivity index (χ4n) is 1.97. The molecule has 0 saturated carbocycles. The molecule has 0 unspecified atom stereocenters. The lowest BCUT2D eigenvalue weighted by Crippen LogP contribution is -2.15. The number of hydrogen-bond acceptors (Lipinski definition) is 4. The highest BCUT2D eigenvalue weighted by molar-refractivity contribution is 7.99. The molecular formula is C16H12ClF3N2O2S2. The molecule has 0 aliphatic carbocycles. The van der Waals surface area contributed by atoms with Gasteiger partial charge in [-0.25, -0.2) is 8.42 Å². The molecule has 1 N–H and O–H groups in total. The van der Waals surface area contributed by atoms with Crippen molar-refractivity contribution in [2.45, 2.75) is 22.4 Å². The summed E-state index contributed by atoms with van der Waals surface area (Å²) in [6.45, 7) is 0. The Bertz CT molecular complexity index is 941. The highest BCUT2D eigenvalue weighted by Gasteiger charge is 2.32. The number of para-hydroxylation sites is 1. The molecule has 0 amide bonds. The van der Waals surface area contributed by atoms with Crippen LogP contribution in [0.4, 0.5) is 18.9 Å². The van der Waals surface area contributed by atoms with Gasteiger partial charge in [-0.05, 0) is 30.3 Å². The lowest BCUT2D eigenvalue weighted by molar-refractivity contribution is -0.137. The van der Waals surface area contributed by atoms with Gasteiger partial charge in [0.25, 0.3) is 10.0 Å². The van der Waals surface area contributed by atoms with E-state index < -0.39 is 26.7 Å².